The minimum atomic E-state index is -4.62. The molecule has 444 valence electrons. The summed E-state index contributed by atoms with van der Waals surface area (Å²) in [5.74, 6) is 1.86. The second-order valence-corrected chi connectivity index (χ2v) is 23.0. The van der Waals surface area contributed by atoms with Crippen molar-refractivity contribution in [2.75, 3.05) is 56.4 Å². The van der Waals surface area contributed by atoms with Crippen LogP contribution in [0.15, 0.2) is 114 Å². The van der Waals surface area contributed by atoms with Gasteiger partial charge in [-0.1, -0.05) is 15.9 Å². The predicted molar refractivity (Wildman–Crippen MR) is 336 cm³/mol. The third kappa shape index (κ3) is 12.9. The molecule has 3 fully saturated rings. The quantitative estimate of drug-likeness (QED) is 0.149. The molecule has 13 heterocycles. The highest BCUT2D eigenvalue weighted by atomic mass is 79.9. The Kier molecular flexibility index (Phi) is 17.8. The molecule has 2 atom stereocenters. The van der Waals surface area contributed by atoms with Gasteiger partial charge in [0.05, 0.1) is 51.7 Å². The number of halogens is 4. The van der Waals surface area contributed by atoms with Gasteiger partial charge in [-0.3, -0.25) is 39.8 Å². The van der Waals surface area contributed by atoms with Gasteiger partial charge >= 0.3 is 25.4 Å². The molecule has 0 radical (unpaired) electrons. The van der Waals surface area contributed by atoms with Gasteiger partial charge in [0, 0.05) is 115 Å². The molecule has 20 nitrogen and oxygen atoms in total. The molecule has 0 saturated carbocycles. The average molecular weight is 1260 g/mol. The largest absolute Gasteiger partial charge is 0.498 e. The van der Waals surface area contributed by atoms with Crippen molar-refractivity contribution < 1.29 is 32.1 Å². The van der Waals surface area contributed by atoms with E-state index >= 15 is 0 Å². The first-order chi connectivity index (χ1) is 39.5. The molecule has 2 N–H and O–H groups in total. The molecule has 85 heavy (non-hydrogen) atoms. The lowest BCUT2D eigenvalue weighted by Crippen LogP contribution is -2.48. The predicted octanol–water partition coefficient (Wildman–Crippen LogP) is 10.4. The molecule has 4 bridgehead atoms. The summed E-state index contributed by atoms with van der Waals surface area (Å²) in [6.45, 7) is 17.3. The van der Waals surface area contributed by atoms with E-state index in [1.807, 2.05) is 82.5 Å². The molecule has 4 amide bonds. The fraction of sp³-hybridized carbons (Fsp3) is 0.345. The van der Waals surface area contributed by atoms with E-state index in [4.69, 9.17) is 19.3 Å². The van der Waals surface area contributed by atoms with Crippen molar-refractivity contribution >= 4 is 102 Å². The smallest absolute Gasteiger partial charge is 0.399 e. The van der Waals surface area contributed by atoms with Gasteiger partial charge in [-0.2, -0.15) is 50.4 Å². The zero-order chi connectivity index (χ0) is 58.7. The monoisotopic (exact) mass is 1260 g/mol. The number of urea groups is 2. The molecular weight excluding hydrogens is 1200 g/mol. The van der Waals surface area contributed by atoms with Crippen molar-refractivity contribution in [3.8, 4) is 33.6 Å². The highest BCUT2D eigenvalue weighted by Gasteiger charge is 2.52. The second kappa shape index (κ2) is 24.4. The first-order valence-corrected chi connectivity index (χ1v) is 27.9. The molecule has 27 heteroatoms. The zero-order valence-electron chi connectivity index (χ0n) is 48.3. The fourth-order valence-corrected chi connectivity index (χ4v) is 11.2. The SMILES string of the molecule is Cc1cc(-c2ccc3c(n2)N(C(=O)Nc2cc(-c4cn(C)nc4C(F)(F)F)ccn2)[C@H]2CCN3C2)ccn1.Cc1cc(-c2ccc3c(n2)N(C(=O)Nc2cc(Br)ccn2)[C@H]2CCN3C2)ccn1.Cc1nn(C)cc1B1OC(C)(C)C(C)(C)O1.S.S. The fourth-order valence-electron chi connectivity index (χ4n) is 10.9. The third-order valence-electron chi connectivity index (χ3n) is 15.6. The third-order valence-corrected chi connectivity index (χ3v) is 16.1. The van der Waals surface area contributed by atoms with Crippen molar-refractivity contribution in [1.82, 2.24) is 49.5 Å². The zero-order valence-corrected chi connectivity index (χ0v) is 51.9. The van der Waals surface area contributed by atoms with E-state index in [-0.39, 0.29) is 80.4 Å². The Bertz CT molecular complexity index is 3780. The number of aromatic nitrogens is 10. The Morgan fingerprint density at radius 3 is 1.58 bits per heavy atom. The van der Waals surface area contributed by atoms with E-state index in [2.05, 4.69) is 100 Å². The van der Waals surface area contributed by atoms with E-state index < -0.39 is 17.9 Å². The number of pyridine rings is 6. The maximum absolute atomic E-state index is 13.6. The molecule has 8 aromatic rings. The van der Waals surface area contributed by atoms with Crippen molar-refractivity contribution in [1.29, 1.82) is 0 Å². The first-order valence-electron chi connectivity index (χ1n) is 27.1. The Morgan fingerprint density at radius 1 is 0.635 bits per heavy atom. The van der Waals surface area contributed by atoms with E-state index in [0.717, 1.165) is 92.4 Å². The Balaban J connectivity index is 0.000000163. The molecule has 0 aromatic carbocycles. The number of hydrogen-bond acceptors (Lipinski definition) is 14. The van der Waals surface area contributed by atoms with Crippen LogP contribution in [0.4, 0.5) is 57.4 Å². The van der Waals surface area contributed by atoms with Crippen LogP contribution in [0.1, 0.15) is 63.3 Å². The number of alkyl halides is 3. The number of anilines is 6. The molecule has 13 rings (SSSR count). The summed E-state index contributed by atoms with van der Waals surface area (Å²) in [5.41, 5.74) is 7.60. The lowest BCUT2D eigenvalue weighted by molar-refractivity contribution is -0.141. The molecular formula is C58H65BBrF3N16O4S2. The van der Waals surface area contributed by atoms with Crippen LogP contribution in [-0.2, 0) is 29.6 Å². The molecule has 0 spiro atoms. The Hall–Kier alpha value is -7.59. The lowest BCUT2D eigenvalue weighted by atomic mass is 9.79. The molecule has 0 unspecified atom stereocenters. The summed E-state index contributed by atoms with van der Waals surface area (Å²) < 4.78 is 56.3. The molecule has 5 aliphatic rings. The van der Waals surface area contributed by atoms with Crippen molar-refractivity contribution in [3.63, 3.8) is 0 Å². The van der Waals surface area contributed by atoms with Crippen LogP contribution < -0.4 is 35.7 Å². The summed E-state index contributed by atoms with van der Waals surface area (Å²) in [7, 11) is 3.02. The number of aryl methyl sites for hydroxylation is 5. The van der Waals surface area contributed by atoms with Crippen LogP contribution in [0.5, 0.6) is 0 Å². The van der Waals surface area contributed by atoms with Gasteiger partial charge in [0.1, 0.15) is 11.6 Å². The van der Waals surface area contributed by atoms with Crippen molar-refractivity contribution in [3.05, 3.63) is 137 Å². The molecule has 5 aliphatic heterocycles. The molecule has 8 aromatic heterocycles. The van der Waals surface area contributed by atoms with E-state index in [1.54, 1.807) is 39.1 Å². The van der Waals surface area contributed by atoms with Crippen LogP contribution >= 0.6 is 42.9 Å². The van der Waals surface area contributed by atoms with Gasteiger partial charge < -0.3 is 19.1 Å². The number of amides is 4. The highest BCUT2D eigenvalue weighted by Crippen LogP contribution is 2.43. The average Bonchev–Trinajstić information content (AvgIpc) is 3.20. The number of nitrogens with one attached hydrogen (secondary N) is 2. The summed E-state index contributed by atoms with van der Waals surface area (Å²) in [6.07, 6.45) is 6.83. The van der Waals surface area contributed by atoms with Gasteiger partial charge in [-0.05, 0) is 140 Å². The summed E-state index contributed by atoms with van der Waals surface area (Å²) in [5, 5.41) is 13.6. The summed E-state index contributed by atoms with van der Waals surface area (Å²) in [4.78, 5) is 61.4. The van der Waals surface area contributed by atoms with Gasteiger partial charge in [-0.25, -0.2) is 29.5 Å². The number of hydrogen-bond donors (Lipinski definition) is 2. The van der Waals surface area contributed by atoms with Crippen molar-refractivity contribution in [2.24, 2.45) is 14.1 Å². The second-order valence-electron chi connectivity index (χ2n) is 22.1. The normalized spacial score (nSPS) is 17.5. The number of nitrogens with zero attached hydrogens (tertiary/aromatic N) is 14. The Morgan fingerprint density at radius 2 is 1.11 bits per heavy atom. The van der Waals surface area contributed by atoms with Crippen LogP contribution in [-0.4, -0.2) is 118 Å². The minimum Gasteiger partial charge on any atom is -0.399 e. The number of carbonyl (C=O) groups is 2. The van der Waals surface area contributed by atoms with Crippen LogP contribution in [0.25, 0.3) is 33.6 Å². The van der Waals surface area contributed by atoms with Gasteiger partial charge in [0.15, 0.2) is 17.3 Å². The van der Waals surface area contributed by atoms with Crippen LogP contribution in [0.2, 0.25) is 0 Å². The summed E-state index contributed by atoms with van der Waals surface area (Å²) >= 11 is 3.42. The topological polar surface area (TPSA) is 203 Å². The number of fused-ring (bicyclic) bond motifs is 8. The molecule has 3 saturated heterocycles. The lowest BCUT2D eigenvalue weighted by Gasteiger charge is -2.35. The number of rotatable bonds is 6. The van der Waals surface area contributed by atoms with E-state index in [1.165, 1.54) is 31.6 Å². The highest BCUT2D eigenvalue weighted by molar-refractivity contribution is 9.10. The van der Waals surface area contributed by atoms with E-state index in [9.17, 15) is 22.8 Å². The first kappa shape index (κ1) is 62.0. The Labute approximate surface area is 513 Å². The maximum Gasteiger partial charge on any atom is 0.498 e. The van der Waals surface area contributed by atoms with Gasteiger partial charge in [0.25, 0.3) is 0 Å². The number of carbonyl (C=O) groups excluding carboxylic acids is 2. The summed E-state index contributed by atoms with van der Waals surface area (Å²) in [6, 6.07) is 21.5. The van der Waals surface area contributed by atoms with Crippen LogP contribution in [0, 0.1) is 20.8 Å². The van der Waals surface area contributed by atoms with Crippen LogP contribution in [0.3, 0.4) is 0 Å². The van der Waals surface area contributed by atoms with Crippen molar-refractivity contribution in [2.45, 2.75) is 90.8 Å². The molecule has 0 aliphatic carbocycles. The standard InChI is InChI=1S/C26H23F3N8O.C21H19BrN6O.C11H19BN2O2.2H2S/c1-15-11-17(6-8-30-15)20-3-4-21-24(32-20)37(18-7-10-36(21)13-18)25(38)33-22-12-16(5-9-31-22)19-14-35(2)34-23(19)26(27,28)29;1-13-10-14(4-7-23-13)17-2-3-18-20(25-17)28(16-6-9-27(18)12-16)21(29)26-19-11-15(22)5-8-24-19;1-8-9(7-14(6)13-8)12-15-10(2,3)11(4,5)16-12;;/h3-6,8-9,11-12,14,18H,7,10,13H2,1-2H3,(H,31,33,38);2-5,7-8,10-11,16H,6,9,12H2,1H3,(H,24,26,29);7H,1-6H3;2*1H2/t18-;16-;;;/m00.../s1. The minimum absolute atomic E-state index is 0. The van der Waals surface area contributed by atoms with Gasteiger partial charge in [-0.15, -0.1) is 0 Å². The maximum atomic E-state index is 13.6. The van der Waals surface area contributed by atoms with E-state index in [0.29, 0.717) is 29.7 Å². The van der Waals surface area contributed by atoms with Gasteiger partial charge in [0.2, 0.25) is 0 Å².